The zero-order chi connectivity index (χ0) is 13.2. The van der Waals surface area contributed by atoms with E-state index in [1.807, 2.05) is 24.3 Å². The quantitative estimate of drug-likeness (QED) is 0.655. The van der Waals surface area contributed by atoms with Crippen molar-refractivity contribution in [1.82, 2.24) is 0 Å². The van der Waals surface area contributed by atoms with Gasteiger partial charge < -0.3 is 4.74 Å². The Morgan fingerprint density at radius 2 is 2.11 bits per heavy atom. The molecule has 18 heavy (non-hydrogen) atoms. The molecule has 1 unspecified atom stereocenters. The molecule has 1 aromatic carbocycles. The molecule has 0 saturated carbocycles. The molecule has 0 amide bonds. The van der Waals surface area contributed by atoms with Crippen LogP contribution in [0.15, 0.2) is 24.3 Å². The SMILES string of the molecule is O=C(OCCS(=O)(=O)O)C1CCc2ccccc21. The molecule has 1 aromatic rings. The Kier molecular flexibility index (Phi) is 3.68. The molecule has 1 N–H and O–H groups in total. The van der Waals surface area contributed by atoms with Gasteiger partial charge in [0.05, 0.1) is 5.92 Å². The van der Waals surface area contributed by atoms with E-state index in [0.29, 0.717) is 6.42 Å². The summed E-state index contributed by atoms with van der Waals surface area (Å²) >= 11 is 0. The third-order valence-electron chi connectivity index (χ3n) is 3.00. The van der Waals surface area contributed by atoms with Gasteiger partial charge in [-0.15, -0.1) is 0 Å². The molecule has 98 valence electrons. The Morgan fingerprint density at radius 1 is 1.39 bits per heavy atom. The van der Waals surface area contributed by atoms with Crippen LogP contribution in [0, 0.1) is 0 Å². The van der Waals surface area contributed by atoms with E-state index in [1.165, 1.54) is 0 Å². The van der Waals surface area contributed by atoms with Crippen molar-refractivity contribution in [3.63, 3.8) is 0 Å². The highest BCUT2D eigenvalue weighted by Gasteiger charge is 2.29. The van der Waals surface area contributed by atoms with Gasteiger partial charge >= 0.3 is 5.97 Å². The molecule has 2 rings (SSSR count). The number of hydrogen-bond donors (Lipinski definition) is 1. The van der Waals surface area contributed by atoms with Gasteiger partial charge in [0.2, 0.25) is 0 Å². The molecule has 1 aliphatic carbocycles. The minimum absolute atomic E-state index is 0.309. The fourth-order valence-electron chi connectivity index (χ4n) is 2.15. The van der Waals surface area contributed by atoms with E-state index in [4.69, 9.17) is 9.29 Å². The van der Waals surface area contributed by atoms with Crippen LogP contribution in [0.25, 0.3) is 0 Å². The standard InChI is InChI=1S/C12H14O5S/c13-12(17-7-8-18(14,15)16)11-6-5-9-3-1-2-4-10(9)11/h1-4,11H,5-8H2,(H,14,15,16). The second-order valence-corrected chi connectivity index (χ2v) is 5.82. The van der Waals surface area contributed by atoms with Crippen molar-refractivity contribution in [2.24, 2.45) is 0 Å². The van der Waals surface area contributed by atoms with Crippen LogP contribution in [0.1, 0.15) is 23.5 Å². The molecule has 0 saturated heterocycles. The summed E-state index contributed by atoms with van der Waals surface area (Å²) in [7, 11) is -4.08. The van der Waals surface area contributed by atoms with Gasteiger partial charge in [-0.05, 0) is 24.0 Å². The second-order valence-electron chi connectivity index (χ2n) is 4.24. The Morgan fingerprint density at radius 3 is 2.83 bits per heavy atom. The third kappa shape index (κ3) is 3.08. The van der Waals surface area contributed by atoms with Gasteiger partial charge in [-0.2, -0.15) is 8.42 Å². The zero-order valence-electron chi connectivity index (χ0n) is 9.70. The molecule has 0 bridgehead atoms. The summed E-state index contributed by atoms with van der Waals surface area (Å²) < 4.78 is 34.4. The second kappa shape index (κ2) is 5.07. The van der Waals surface area contributed by atoms with Crippen LogP contribution in [0.4, 0.5) is 0 Å². The number of esters is 1. The predicted octanol–water partition coefficient (Wildman–Crippen LogP) is 1.15. The molecule has 0 spiro atoms. The van der Waals surface area contributed by atoms with Crippen molar-refractivity contribution >= 4 is 16.1 Å². The molecule has 6 heteroatoms. The summed E-state index contributed by atoms with van der Waals surface area (Å²) in [5.41, 5.74) is 2.09. The lowest BCUT2D eigenvalue weighted by Gasteiger charge is -2.10. The average Bonchev–Trinajstić information content (AvgIpc) is 2.70. The van der Waals surface area contributed by atoms with Gasteiger partial charge in [0.1, 0.15) is 12.4 Å². The first-order valence-corrected chi connectivity index (χ1v) is 7.28. The van der Waals surface area contributed by atoms with Gasteiger partial charge in [0.15, 0.2) is 0 Å². The number of ether oxygens (including phenoxy) is 1. The third-order valence-corrected chi connectivity index (χ3v) is 3.69. The van der Waals surface area contributed by atoms with Gasteiger partial charge in [-0.25, -0.2) is 0 Å². The number of carbonyl (C=O) groups excluding carboxylic acids is 1. The maximum Gasteiger partial charge on any atom is 0.313 e. The zero-order valence-corrected chi connectivity index (χ0v) is 10.5. The first-order valence-electron chi connectivity index (χ1n) is 5.67. The van der Waals surface area contributed by atoms with Crippen molar-refractivity contribution in [3.05, 3.63) is 35.4 Å². The molecular weight excluding hydrogens is 256 g/mol. The fraction of sp³-hybridized carbons (Fsp3) is 0.417. The average molecular weight is 270 g/mol. The van der Waals surface area contributed by atoms with E-state index in [2.05, 4.69) is 0 Å². The van der Waals surface area contributed by atoms with E-state index in [-0.39, 0.29) is 12.5 Å². The molecule has 1 aliphatic rings. The Balaban J connectivity index is 1.96. The lowest BCUT2D eigenvalue weighted by molar-refractivity contribution is -0.144. The Labute approximate surface area is 106 Å². The van der Waals surface area contributed by atoms with Crippen LogP contribution in [-0.4, -0.2) is 31.3 Å². The highest BCUT2D eigenvalue weighted by molar-refractivity contribution is 7.85. The minimum Gasteiger partial charge on any atom is -0.464 e. The van der Waals surface area contributed by atoms with E-state index >= 15 is 0 Å². The molecule has 5 nitrogen and oxygen atoms in total. The summed E-state index contributed by atoms with van der Waals surface area (Å²) in [5.74, 6) is -1.31. The lowest BCUT2D eigenvalue weighted by Crippen LogP contribution is -2.18. The van der Waals surface area contributed by atoms with Crippen molar-refractivity contribution in [2.45, 2.75) is 18.8 Å². The van der Waals surface area contributed by atoms with Gasteiger partial charge in [0.25, 0.3) is 10.1 Å². The summed E-state index contributed by atoms with van der Waals surface area (Å²) in [6.45, 7) is -0.309. The van der Waals surface area contributed by atoms with Crippen LogP contribution in [-0.2, 0) is 26.1 Å². The summed E-state index contributed by atoms with van der Waals surface area (Å²) in [5, 5.41) is 0. The highest BCUT2D eigenvalue weighted by Crippen LogP contribution is 2.33. The molecular formula is C12H14O5S. The van der Waals surface area contributed by atoms with E-state index in [0.717, 1.165) is 17.5 Å². The normalized spacial score (nSPS) is 18.4. The lowest BCUT2D eigenvalue weighted by atomic mass is 10.0. The first-order chi connectivity index (χ1) is 8.47. The number of hydrogen-bond acceptors (Lipinski definition) is 4. The van der Waals surface area contributed by atoms with E-state index in [9.17, 15) is 13.2 Å². The Bertz CT molecular complexity index is 549. The first kappa shape index (κ1) is 13.0. The van der Waals surface area contributed by atoms with Crippen LogP contribution in [0.2, 0.25) is 0 Å². The minimum atomic E-state index is -4.08. The largest absolute Gasteiger partial charge is 0.464 e. The topological polar surface area (TPSA) is 80.7 Å². The van der Waals surface area contributed by atoms with Crippen LogP contribution >= 0.6 is 0 Å². The molecule has 0 radical (unpaired) electrons. The maximum absolute atomic E-state index is 11.8. The Hall–Kier alpha value is -1.40. The number of benzene rings is 1. The number of aryl methyl sites for hydroxylation is 1. The smallest absolute Gasteiger partial charge is 0.313 e. The number of fused-ring (bicyclic) bond motifs is 1. The van der Waals surface area contributed by atoms with Gasteiger partial charge in [0, 0.05) is 0 Å². The fourth-order valence-corrected chi connectivity index (χ4v) is 2.44. The van der Waals surface area contributed by atoms with Crippen molar-refractivity contribution in [3.8, 4) is 0 Å². The molecule has 0 fully saturated rings. The van der Waals surface area contributed by atoms with Crippen LogP contribution < -0.4 is 0 Å². The number of rotatable bonds is 4. The van der Waals surface area contributed by atoms with Gasteiger partial charge in [-0.3, -0.25) is 9.35 Å². The molecule has 0 heterocycles. The van der Waals surface area contributed by atoms with Crippen molar-refractivity contribution in [1.29, 1.82) is 0 Å². The molecule has 0 aliphatic heterocycles. The number of carbonyl (C=O) groups is 1. The summed E-state index contributed by atoms with van der Waals surface area (Å²) in [4.78, 5) is 11.8. The predicted molar refractivity (Wildman–Crippen MR) is 64.9 cm³/mol. The van der Waals surface area contributed by atoms with Crippen LogP contribution in [0.3, 0.4) is 0 Å². The van der Waals surface area contributed by atoms with Crippen molar-refractivity contribution < 1.29 is 22.5 Å². The highest BCUT2D eigenvalue weighted by atomic mass is 32.2. The van der Waals surface area contributed by atoms with Gasteiger partial charge in [-0.1, -0.05) is 24.3 Å². The molecule has 0 aromatic heterocycles. The summed E-state index contributed by atoms with van der Waals surface area (Å²) in [6.07, 6.45) is 1.51. The molecule has 1 atom stereocenters. The summed E-state index contributed by atoms with van der Waals surface area (Å²) in [6, 6.07) is 7.64. The van der Waals surface area contributed by atoms with Crippen LogP contribution in [0.5, 0.6) is 0 Å². The monoisotopic (exact) mass is 270 g/mol. The maximum atomic E-state index is 11.8. The van der Waals surface area contributed by atoms with E-state index < -0.39 is 21.8 Å². The van der Waals surface area contributed by atoms with E-state index in [1.54, 1.807) is 0 Å². The van der Waals surface area contributed by atoms with Crippen molar-refractivity contribution in [2.75, 3.05) is 12.4 Å².